The van der Waals surface area contributed by atoms with Crippen LogP contribution in [-0.2, 0) is 6.42 Å². The van der Waals surface area contributed by atoms with E-state index in [1.165, 1.54) is 29.3 Å². The van der Waals surface area contributed by atoms with Crippen LogP contribution in [-0.4, -0.2) is 31.6 Å². The quantitative estimate of drug-likeness (QED) is 0.672. The highest BCUT2D eigenvalue weighted by Crippen LogP contribution is 2.19. The molecule has 2 aromatic rings. The summed E-state index contributed by atoms with van der Waals surface area (Å²) < 4.78 is 0. The van der Waals surface area contributed by atoms with E-state index in [0.717, 1.165) is 50.5 Å². The van der Waals surface area contributed by atoms with Crippen LogP contribution in [0.4, 0.5) is 5.69 Å². The molecule has 174 valence electrons. The Morgan fingerprint density at radius 3 is 2.70 bits per heavy atom. The monoisotopic (exact) mass is 443 g/mol. The summed E-state index contributed by atoms with van der Waals surface area (Å²) in [7, 11) is 0. The number of piperidine rings is 1. The lowest BCUT2D eigenvalue weighted by atomic mass is 9.97. The van der Waals surface area contributed by atoms with Crippen molar-refractivity contribution in [1.82, 2.24) is 5.32 Å². The summed E-state index contributed by atoms with van der Waals surface area (Å²) in [5.74, 6) is 0.0925. The molecule has 3 N–H and O–H groups in total. The predicted molar refractivity (Wildman–Crippen MR) is 139 cm³/mol. The molecule has 1 aliphatic heterocycles. The molecule has 1 fully saturated rings. The van der Waals surface area contributed by atoms with Crippen LogP contribution in [0.3, 0.4) is 0 Å². The van der Waals surface area contributed by atoms with Gasteiger partial charge in [0.05, 0.1) is 0 Å². The normalized spacial score (nSPS) is 23.8. The number of carbonyl (C=O) groups is 1. The van der Waals surface area contributed by atoms with Crippen molar-refractivity contribution < 1.29 is 4.79 Å². The number of hydrogen-bond donors (Lipinski definition) is 2. The highest BCUT2D eigenvalue weighted by atomic mass is 16.1. The lowest BCUT2D eigenvalue weighted by molar-refractivity contribution is 0.0999. The minimum Gasteiger partial charge on any atom is -0.366 e. The summed E-state index contributed by atoms with van der Waals surface area (Å²) in [6.07, 6.45) is 15.3. The van der Waals surface area contributed by atoms with Gasteiger partial charge < -0.3 is 16.0 Å². The van der Waals surface area contributed by atoms with Crippen LogP contribution in [0.25, 0.3) is 12.2 Å². The van der Waals surface area contributed by atoms with Crippen molar-refractivity contribution in [3.63, 3.8) is 0 Å². The van der Waals surface area contributed by atoms with Crippen molar-refractivity contribution in [2.75, 3.05) is 24.5 Å². The molecule has 2 atom stereocenters. The molecule has 2 aliphatic rings. The van der Waals surface area contributed by atoms with E-state index in [0.29, 0.717) is 17.5 Å². The summed E-state index contributed by atoms with van der Waals surface area (Å²) in [4.78, 5) is 14.9. The largest absolute Gasteiger partial charge is 0.366 e. The molecule has 1 amide bonds. The number of nitrogens with one attached hydrogen (secondary N) is 1. The first kappa shape index (κ1) is 23.3. The van der Waals surface area contributed by atoms with Gasteiger partial charge in [-0.15, -0.1) is 0 Å². The first-order chi connectivity index (χ1) is 16.1. The van der Waals surface area contributed by atoms with Crippen molar-refractivity contribution >= 4 is 23.7 Å². The lowest BCUT2D eigenvalue weighted by Crippen LogP contribution is -2.50. The minimum atomic E-state index is -0.349. The van der Waals surface area contributed by atoms with Crippen LogP contribution < -0.4 is 26.4 Å². The second kappa shape index (κ2) is 11.3. The number of nitrogens with two attached hydrogens (primary N) is 1. The fraction of sp³-hybridized carbons (Fsp3) is 0.414. The van der Waals surface area contributed by atoms with Crippen molar-refractivity contribution in [3.8, 4) is 0 Å². The zero-order valence-corrected chi connectivity index (χ0v) is 19.8. The van der Waals surface area contributed by atoms with Gasteiger partial charge in [-0.05, 0) is 73.9 Å². The number of nitrogens with zero attached hydrogens (tertiary/aromatic N) is 1. The molecule has 1 heterocycles. The van der Waals surface area contributed by atoms with Crippen LogP contribution in [0, 0.1) is 5.92 Å². The summed E-state index contributed by atoms with van der Waals surface area (Å²) in [5, 5.41) is 5.78. The van der Waals surface area contributed by atoms with Gasteiger partial charge in [-0.25, -0.2) is 0 Å². The van der Waals surface area contributed by atoms with Crippen molar-refractivity contribution in [1.29, 1.82) is 0 Å². The standard InChI is InChI=1S/C29H37N3O/c1-22-9-4-2-7-13-26-25(15-14-22)27(29(30)33)16-17-28(26)32(24-12-8-19-31-21-24)20-18-23-10-5-3-6-11-23/h3-6,9-11,13,15-17,22,24,31H,2,7-8,12,14,18-21H2,1H3,(H2,30,33)/b9-4-,25-15-,26-13+/t22?,24-/m1/s1. The van der Waals surface area contributed by atoms with E-state index in [-0.39, 0.29) is 5.91 Å². The Morgan fingerprint density at radius 2 is 1.94 bits per heavy atom. The third-order valence-electron chi connectivity index (χ3n) is 6.88. The van der Waals surface area contributed by atoms with Gasteiger partial charge in [0.1, 0.15) is 0 Å². The number of fused-ring (bicyclic) bond motifs is 1. The van der Waals surface area contributed by atoms with E-state index in [2.05, 4.69) is 77.8 Å². The van der Waals surface area contributed by atoms with Crippen LogP contribution in [0.15, 0.2) is 54.6 Å². The lowest BCUT2D eigenvalue weighted by Gasteiger charge is -2.37. The third-order valence-corrected chi connectivity index (χ3v) is 6.88. The maximum absolute atomic E-state index is 12.4. The van der Waals surface area contributed by atoms with Crippen molar-refractivity contribution in [2.24, 2.45) is 11.7 Å². The molecule has 4 heteroatoms. The SMILES string of the molecule is CC1/C=C\CC/C=c2/c(N(CCc3ccccc3)[C@@H]3CCCNC3)ccc(C(N)=O)/c2=C\C1. The van der Waals surface area contributed by atoms with E-state index < -0.39 is 0 Å². The van der Waals surface area contributed by atoms with Crippen LogP contribution in [0.2, 0.25) is 0 Å². The molecule has 2 aromatic carbocycles. The zero-order chi connectivity index (χ0) is 23.0. The molecule has 1 unspecified atom stereocenters. The molecule has 0 saturated carbocycles. The van der Waals surface area contributed by atoms with Gasteiger partial charge in [0.25, 0.3) is 0 Å². The highest BCUT2D eigenvalue weighted by Gasteiger charge is 2.23. The summed E-state index contributed by atoms with van der Waals surface area (Å²) in [6, 6.07) is 15.2. The third kappa shape index (κ3) is 5.94. The second-order valence-corrected chi connectivity index (χ2v) is 9.38. The van der Waals surface area contributed by atoms with E-state index in [4.69, 9.17) is 5.73 Å². The molecular formula is C29H37N3O. The van der Waals surface area contributed by atoms with Crippen molar-refractivity contribution in [2.45, 2.75) is 51.5 Å². The topological polar surface area (TPSA) is 58.4 Å². The fourth-order valence-corrected chi connectivity index (χ4v) is 5.05. The molecule has 0 radical (unpaired) electrons. The summed E-state index contributed by atoms with van der Waals surface area (Å²) in [5.41, 5.74) is 9.04. The molecular weight excluding hydrogens is 406 g/mol. The van der Waals surface area contributed by atoms with Gasteiger partial charge >= 0.3 is 0 Å². The Labute approximate surface area is 197 Å². The maximum atomic E-state index is 12.4. The highest BCUT2D eigenvalue weighted by molar-refractivity contribution is 5.93. The molecule has 0 spiro atoms. The number of rotatable bonds is 6. The molecule has 33 heavy (non-hydrogen) atoms. The van der Waals surface area contributed by atoms with Crippen molar-refractivity contribution in [3.05, 3.63) is 76.2 Å². The number of allylic oxidation sites excluding steroid dienone is 2. The van der Waals surface area contributed by atoms with Crippen LogP contribution in [0.5, 0.6) is 0 Å². The van der Waals surface area contributed by atoms with E-state index >= 15 is 0 Å². The fourth-order valence-electron chi connectivity index (χ4n) is 5.05. The van der Waals surface area contributed by atoms with Gasteiger partial charge in [-0.1, -0.05) is 61.6 Å². The molecule has 4 nitrogen and oxygen atoms in total. The average Bonchev–Trinajstić information content (AvgIpc) is 2.84. The molecule has 1 aliphatic carbocycles. The Bertz CT molecular complexity index is 1080. The predicted octanol–water partition coefficient (Wildman–Crippen LogP) is 3.52. The van der Waals surface area contributed by atoms with Gasteiger partial charge in [-0.3, -0.25) is 4.79 Å². The number of anilines is 1. The van der Waals surface area contributed by atoms with E-state index in [1.807, 2.05) is 6.07 Å². The first-order valence-electron chi connectivity index (χ1n) is 12.4. The Kier molecular flexibility index (Phi) is 8.01. The number of hydrogen-bond acceptors (Lipinski definition) is 3. The molecule has 0 aromatic heterocycles. The van der Waals surface area contributed by atoms with Crippen LogP contribution in [0.1, 0.15) is 54.9 Å². The van der Waals surface area contributed by atoms with Gasteiger partial charge in [0, 0.05) is 35.6 Å². The van der Waals surface area contributed by atoms with Gasteiger partial charge in [0.2, 0.25) is 5.91 Å². The molecule has 4 rings (SSSR count). The van der Waals surface area contributed by atoms with Gasteiger partial charge in [0.15, 0.2) is 0 Å². The number of primary amides is 1. The maximum Gasteiger partial charge on any atom is 0.249 e. The Morgan fingerprint density at radius 1 is 1.09 bits per heavy atom. The number of amides is 1. The molecule has 1 saturated heterocycles. The number of carbonyl (C=O) groups excluding carboxylic acids is 1. The van der Waals surface area contributed by atoms with Crippen LogP contribution >= 0.6 is 0 Å². The average molecular weight is 444 g/mol. The van der Waals surface area contributed by atoms with E-state index in [9.17, 15) is 4.79 Å². The summed E-state index contributed by atoms with van der Waals surface area (Å²) >= 11 is 0. The minimum absolute atomic E-state index is 0.349. The molecule has 0 bridgehead atoms. The zero-order valence-electron chi connectivity index (χ0n) is 19.8. The second-order valence-electron chi connectivity index (χ2n) is 9.38. The number of benzene rings is 2. The van der Waals surface area contributed by atoms with E-state index in [1.54, 1.807) is 0 Å². The first-order valence-corrected chi connectivity index (χ1v) is 12.4. The Balaban J connectivity index is 1.81. The van der Waals surface area contributed by atoms with Gasteiger partial charge in [-0.2, -0.15) is 0 Å². The Hall–Kier alpha value is -2.85. The summed E-state index contributed by atoms with van der Waals surface area (Å²) in [6.45, 7) is 5.25. The smallest absolute Gasteiger partial charge is 0.249 e.